The number of para-hydroxylation sites is 2. The number of ether oxygens (including phenoxy) is 1. The van der Waals surface area contributed by atoms with Crippen molar-refractivity contribution in [3.8, 4) is 5.75 Å². The van der Waals surface area contributed by atoms with Crippen molar-refractivity contribution in [2.24, 2.45) is 0 Å². The fourth-order valence-electron chi connectivity index (χ4n) is 3.45. The quantitative estimate of drug-likeness (QED) is 0.289. The average Bonchev–Trinajstić information content (AvgIpc) is 3.23. The standard InChI is InChI=1S/C26H22N4OS/c1-3-9-20(10-4-1)17-30-25(18-31-23-12-5-2-6-13-23)28-29-26(30)32-19-22-16-15-21-11-7-8-14-24(21)27-22/h1-16H,17-19H2. The molecule has 5 nitrogen and oxygen atoms in total. The van der Waals surface area contributed by atoms with Gasteiger partial charge in [0.25, 0.3) is 0 Å². The first kappa shape index (κ1) is 20.3. The highest BCUT2D eigenvalue weighted by Crippen LogP contribution is 2.24. The summed E-state index contributed by atoms with van der Waals surface area (Å²) in [7, 11) is 0. The summed E-state index contributed by atoms with van der Waals surface area (Å²) in [6.07, 6.45) is 0. The maximum absolute atomic E-state index is 5.95. The highest BCUT2D eigenvalue weighted by atomic mass is 32.2. The first-order chi connectivity index (χ1) is 15.8. The van der Waals surface area contributed by atoms with Crippen molar-refractivity contribution < 1.29 is 4.74 Å². The minimum absolute atomic E-state index is 0.360. The first-order valence-corrected chi connectivity index (χ1v) is 11.4. The van der Waals surface area contributed by atoms with Crippen LogP contribution in [0.4, 0.5) is 0 Å². The third-order valence-electron chi connectivity index (χ3n) is 5.09. The second-order valence-corrected chi connectivity index (χ2v) is 8.30. The highest BCUT2D eigenvalue weighted by Gasteiger charge is 2.14. The van der Waals surface area contributed by atoms with Crippen LogP contribution >= 0.6 is 11.8 Å². The monoisotopic (exact) mass is 438 g/mol. The molecule has 0 N–H and O–H groups in total. The SMILES string of the molecule is c1ccc(Cn2c(COc3ccccc3)nnc2SCc2ccc3ccccc3n2)cc1. The predicted molar refractivity (Wildman–Crippen MR) is 128 cm³/mol. The van der Waals surface area contributed by atoms with E-state index in [9.17, 15) is 0 Å². The fourth-order valence-corrected chi connectivity index (χ4v) is 4.31. The number of rotatable bonds is 8. The Morgan fingerprint density at radius 2 is 1.50 bits per heavy atom. The van der Waals surface area contributed by atoms with Gasteiger partial charge in [-0.3, -0.25) is 9.55 Å². The van der Waals surface area contributed by atoms with Crippen LogP contribution in [0.1, 0.15) is 17.1 Å². The molecular weight excluding hydrogens is 416 g/mol. The number of pyridine rings is 1. The van der Waals surface area contributed by atoms with E-state index in [0.717, 1.165) is 39.1 Å². The maximum Gasteiger partial charge on any atom is 0.192 e. The Balaban J connectivity index is 1.36. The molecule has 0 aliphatic rings. The van der Waals surface area contributed by atoms with Gasteiger partial charge in [-0.2, -0.15) is 0 Å². The van der Waals surface area contributed by atoms with Crippen LogP contribution < -0.4 is 4.74 Å². The first-order valence-electron chi connectivity index (χ1n) is 10.5. The molecule has 0 saturated heterocycles. The number of nitrogens with zero attached hydrogens (tertiary/aromatic N) is 4. The summed E-state index contributed by atoms with van der Waals surface area (Å²) in [6.45, 7) is 1.05. The van der Waals surface area contributed by atoms with E-state index in [1.165, 1.54) is 5.56 Å². The predicted octanol–water partition coefficient (Wildman–Crippen LogP) is 5.75. The third-order valence-corrected chi connectivity index (χ3v) is 6.09. The van der Waals surface area contributed by atoms with E-state index < -0.39 is 0 Å². The van der Waals surface area contributed by atoms with Crippen LogP contribution in [-0.2, 0) is 18.9 Å². The van der Waals surface area contributed by atoms with Crippen molar-refractivity contribution in [1.82, 2.24) is 19.7 Å². The van der Waals surface area contributed by atoms with Gasteiger partial charge in [-0.15, -0.1) is 10.2 Å². The van der Waals surface area contributed by atoms with E-state index in [4.69, 9.17) is 9.72 Å². The second-order valence-electron chi connectivity index (χ2n) is 7.36. The number of hydrogen-bond donors (Lipinski definition) is 0. The Kier molecular flexibility index (Phi) is 6.12. The summed E-state index contributed by atoms with van der Waals surface area (Å²) in [5.74, 6) is 2.33. The summed E-state index contributed by atoms with van der Waals surface area (Å²) in [6, 6.07) is 32.5. The molecule has 0 saturated carbocycles. The lowest BCUT2D eigenvalue weighted by Gasteiger charge is -2.11. The topological polar surface area (TPSA) is 52.8 Å². The summed E-state index contributed by atoms with van der Waals surface area (Å²) in [4.78, 5) is 4.78. The van der Waals surface area contributed by atoms with E-state index in [-0.39, 0.29) is 0 Å². The largest absolute Gasteiger partial charge is 0.486 e. The molecule has 0 fully saturated rings. The van der Waals surface area contributed by atoms with Crippen LogP contribution in [0.25, 0.3) is 10.9 Å². The fraction of sp³-hybridized carbons (Fsp3) is 0.115. The molecule has 0 atom stereocenters. The molecule has 3 aromatic carbocycles. The Labute approximate surface area is 191 Å². The molecule has 158 valence electrons. The van der Waals surface area contributed by atoms with Crippen molar-refractivity contribution in [3.63, 3.8) is 0 Å². The zero-order valence-electron chi connectivity index (χ0n) is 17.5. The smallest absolute Gasteiger partial charge is 0.192 e. The van der Waals surface area contributed by atoms with Crippen LogP contribution in [0.15, 0.2) is 102 Å². The van der Waals surface area contributed by atoms with Gasteiger partial charge in [0, 0.05) is 11.1 Å². The zero-order chi connectivity index (χ0) is 21.6. The second kappa shape index (κ2) is 9.66. The Hall–Kier alpha value is -3.64. The molecule has 5 aromatic rings. The van der Waals surface area contributed by atoms with Crippen molar-refractivity contribution in [3.05, 3.63) is 114 Å². The van der Waals surface area contributed by atoms with Gasteiger partial charge in [0.2, 0.25) is 0 Å². The molecule has 0 aliphatic carbocycles. The molecule has 0 spiro atoms. The lowest BCUT2D eigenvalue weighted by Crippen LogP contribution is -2.09. The Bertz CT molecular complexity index is 1310. The van der Waals surface area contributed by atoms with Crippen LogP contribution in [0, 0.1) is 0 Å². The summed E-state index contributed by atoms with van der Waals surface area (Å²) in [5.41, 5.74) is 3.22. The lowest BCUT2D eigenvalue weighted by atomic mass is 10.2. The van der Waals surface area contributed by atoms with Gasteiger partial charge in [-0.1, -0.05) is 84.6 Å². The molecule has 32 heavy (non-hydrogen) atoms. The third kappa shape index (κ3) is 4.81. The highest BCUT2D eigenvalue weighted by molar-refractivity contribution is 7.98. The van der Waals surface area contributed by atoms with Crippen LogP contribution in [0.5, 0.6) is 5.75 Å². The molecule has 0 radical (unpaired) electrons. The van der Waals surface area contributed by atoms with Gasteiger partial charge in [-0.25, -0.2) is 0 Å². The number of aromatic nitrogens is 4. The molecule has 2 aromatic heterocycles. The van der Waals surface area contributed by atoms with E-state index in [0.29, 0.717) is 13.2 Å². The van der Waals surface area contributed by atoms with Crippen molar-refractivity contribution in [2.45, 2.75) is 24.1 Å². The van der Waals surface area contributed by atoms with Crippen molar-refractivity contribution in [2.75, 3.05) is 0 Å². The molecule has 0 unspecified atom stereocenters. The number of hydrogen-bond acceptors (Lipinski definition) is 5. The molecular formula is C26H22N4OS. The van der Waals surface area contributed by atoms with Crippen molar-refractivity contribution in [1.29, 1.82) is 0 Å². The molecule has 0 bridgehead atoms. The van der Waals surface area contributed by atoms with Crippen LogP contribution in [0.3, 0.4) is 0 Å². The van der Waals surface area contributed by atoms with Gasteiger partial charge in [0.05, 0.1) is 17.8 Å². The minimum Gasteiger partial charge on any atom is -0.486 e. The van der Waals surface area contributed by atoms with Gasteiger partial charge in [-0.05, 0) is 29.8 Å². The lowest BCUT2D eigenvalue weighted by molar-refractivity contribution is 0.289. The van der Waals surface area contributed by atoms with Gasteiger partial charge in [0.15, 0.2) is 11.0 Å². The van der Waals surface area contributed by atoms with Gasteiger partial charge in [0.1, 0.15) is 12.4 Å². The number of benzene rings is 3. The van der Waals surface area contributed by atoms with E-state index in [2.05, 4.69) is 45.1 Å². The van der Waals surface area contributed by atoms with Crippen molar-refractivity contribution >= 4 is 22.7 Å². The van der Waals surface area contributed by atoms with Crippen LogP contribution in [0.2, 0.25) is 0 Å². The molecule has 6 heteroatoms. The van der Waals surface area contributed by atoms with E-state index >= 15 is 0 Å². The van der Waals surface area contributed by atoms with Gasteiger partial charge >= 0.3 is 0 Å². The average molecular weight is 439 g/mol. The number of fused-ring (bicyclic) bond motifs is 1. The zero-order valence-corrected chi connectivity index (χ0v) is 18.3. The maximum atomic E-state index is 5.95. The Morgan fingerprint density at radius 3 is 2.34 bits per heavy atom. The molecule has 5 rings (SSSR count). The number of thioether (sulfide) groups is 1. The van der Waals surface area contributed by atoms with Crippen LogP contribution in [-0.4, -0.2) is 19.7 Å². The molecule has 0 aliphatic heterocycles. The van der Waals surface area contributed by atoms with E-state index in [1.807, 2.05) is 66.7 Å². The normalized spacial score (nSPS) is 11.0. The van der Waals surface area contributed by atoms with Gasteiger partial charge < -0.3 is 4.74 Å². The van der Waals surface area contributed by atoms with E-state index in [1.54, 1.807) is 11.8 Å². The summed E-state index contributed by atoms with van der Waals surface area (Å²) in [5, 5.41) is 10.9. The minimum atomic E-state index is 0.360. The summed E-state index contributed by atoms with van der Waals surface area (Å²) < 4.78 is 8.08. The molecule has 0 amide bonds. The Morgan fingerprint density at radius 1 is 0.750 bits per heavy atom. The summed E-state index contributed by atoms with van der Waals surface area (Å²) >= 11 is 1.64. The molecule has 2 heterocycles.